The summed E-state index contributed by atoms with van der Waals surface area (Å²) >= 11 is 0. The zero-order chi connectivity index (χ0) is 25.9. The first-order valence-electron chi connectivity index (χ1n) is 12.2. The number of nitrogens with zero attached hydrogens (tertiary/aromatic N) is 4. The monoisotopic (exact) mass is 500 g/mol. The number of carbonyl (C=O) groups excluding carboxylic acids is 2. The predicted octanol–water partition coefficient (Wildman–Crippen LogP) is 3.71. The molecule has 37 heavy (non-hydrogen) atoms. The summed E-state index contributed by atoms with van der Waals surface area (Å²) in [6.07, 6.45) is 2.34. The third-order valence-corrected chi connectivity index (χ3v) is 6.84. The first-order chi connectivity index (χ1) is 17.9. The van der Waals surface area contributed by atoms with E-state index >= 15 is 0 Å². The molecular weight excluding hydrogens is 471 g/mol. The molecule has 190 valence electrons. The van der Waals surface area contributed by atoms with E-state index in [-0.39, 0.29) is 12.1 Å². The van der Waals surface area contributed by atoms with Gasteiger partial charge in [-0.1, -0.05) is 30.3 Å². The van der Waals surface area contributed by atoms with Gasteiger partial charge in [-0.3, -0.25) is 19.5 Å². The lowest BCUT2D eigenvalue weighted by Crippen LogP contribution is -2.53. The fourth-order valence-electron chi connectivity index (χ4n) is 4.70. The minimum Gasteiger partial charge on any atom is -0.369 e. The maximum atomic E-state index is 13.2. The Morgan fingerprint density at radius 1 is 1.03 bits per heavy atom. The molecule has 1 unspecified atom stereocenters. The van der Waals surface area contributed by atoms with Gasteiger partial charge in [-0.2, -0.15) is 0 Å². The van der Waals surface area contributed by atoms with Crippen LogP contribution < -0.4 is 15.5 Å². The zero-order valence-electron chi connectivity index (χ0n) is 20.8. The summed E-state index contributed by atoms with van der Waals surface area (Å²) in [5, 5.41) is 5.71. The van der Waals surface area contributed by atoms with Crippen molar-refractivity contribution in [3.05, 3.63) is 84.1 Å². The number of aryl methyl sites for hydroxylation is 1. The topological polar surface area (TPSA) is 82.0 Å². The molecule has 5 rings (SSSR count). The van der Waals surface area contributed by atoms with Crippen molar-refractivity contribution in [2.45, 2.75) is 13.2 Å². The lowest BCUT2D eigenvalue weighted by Gasteiger charge is -2.39. The van der Waals surface area contributed by atoms with Crippen LogP contribution in [0.4, 0.5) is 15.8 Å². The average Bonchev–Trinajstić information content (AvgIpc) is 3.23. The molecule has 0 spiro atoms. The zero-order valence-corrected chi connectivity index (χ0v) is 20.8. The van der Waals surface area contributed by atoms with E-state index in [0.717, 1.165) is 48.7 Å². The van der Waals surface area contributed by atoms with Crippen molar-refractivity contribution >= 4 is 29.3 Å². The molecule has 1 saturated heterocycles. The Labute approximate surface area is 215 Å². The van der Waals surface area contributed by atoms with Gasteiger partial charge in [0.05, 0.1) is 6.21 Å². The third-order valence-electron chi connectivity index (χ3n) is 6.84. The molecule has 1 atom stereocenters. The van der Waals surface area contributed by atoms with Crippen LogP contribution in [0.25, 0.3) is 11.1 Å². The Balaban J connectivity index is 1.22. The molecule has 2 aliphatic heterocycles. The molecule has 9 heteroatoms. The number of benzene rings is 2. The van der Waals surface area contributed by atoms with E-state index in [9.17, 15) is 14.0 Å². The van der Waals surface area contributed by atoms with Gasteiger partial charge in [0.25, 0.3) is 11.7 Å². The highest BCUT2D eigenvalue weighted by Gasteiger charge is 2.26. The summed E-state index contributed by atoms with van der Waals surface area (Å²) in [5.74, 6) is -1.63. The predicted molar refractivity (Wildman–Crippen MR) is 143 cm³/mol. The van der Waals surface area contributed by atoms with Gasteiger partial charge in [-0.25, -0.2) is 4.39 Å². The normalized spacial score (nSPS) is 17.8. The number of halogens is 1. The number of Topliss-reactive ketones (excluding diaryl/α,β-unsaturated/α-hetero) is 1. The summed E-state index contributed by atoms with van der Waals surface area (Å²) in [5.41, 5.74) is 4.48. The van der Waals surface area contributed by atoms with E-state index in [1.165, 1.54) is 12.4 Å². The minimum absolute atomic E-state index is 0.243. The number of piperazine rings is 1. The van der Waals surface area contributed by atoms with Crippen molar-refractivity contribution < 1.29 is 14.0 Å². The van der Waals surface area contributed by atoms with Crippen LogP contribution in [0.5, 0.6) is 0 Å². The molecule has 1 amide bonds. The number of anilines is 2. The van der Waals surface area contributed by atoms with Gasteiger partial charge in [-0.15, -0.1) is 0 Å². The number of aromatic nitrogens is 1. The van der Waals surface area contributed by atoms with Crippen molar-refractivity contribution in [1.82, 2.24) is 14.8 Å². The van der Waals surface area contributed by atoms with Crippen molar-refractivity contribution in [3.8, 4) is 11.1 Å². The molecular formula is C28H29FN6O2. The largest absolute Gasteiger partial charge is 0.369 e. The summed E-state index contributed by atoms with van der Waals surface area (Å²) in [7, 11) is 1.79. The van der Waals surface area contributed by atoms with Crippen LogP contribution in [0.1, 0.15) is 16.2 Å². The second kappa shape index (κ2) is 10.4. The first-order valence-corrected chi connectivity index (χ1v) is 12.2. The second-order valence-corrected chi connectivity index (χ2v) is 9.17. The van der Waals surface area contributed by atoms with Crippen molar-refractivity contribution in [3.63, 3.8) is 0 Å². The average molecular weight is 501 g/mol. The van der Waals surface area contributed by atoms with Gasteiger partial charge < -0.3 is 20.1 Å². The number of amides is 1. The quantitative estimate of drug-likeness (QED) is 0.398. The number of nitrogens with one attached hydrogen (secondary N) is 2. The summed E-state index contributed by atoms with van der Waals surface area (Å²) < 4.78 is 14.9. The van der Waals surface area contributed by atoms with E-state index in [2.05, 4.69) is 25.4 Å². The first kappa shape index (κ1) is 24.5. The lowest BCUT2D eigenvalue weighted by molar-refractivity contribution is -0.112. The van der Waals surface area contributed by atoms with E-state index in [1.54, 1.807) is 11.6 Å². The van der Waals surface area contributed by atoms with Crippen LogP contribution in [0.2, 0.25) is 0 Å². The molecule has 3 aromatic rings. The molecule has 0 aliphatic carbocycles. The Kier molecular flexibility index (Phi) is 6.87. The van der Waals surface area contributed by atoms with Crippen LogP contribution in [0, 0.1) is 6.92 Å². The highest BCUT2D eigenvalue weighted by atomic mass is 19.1. The Morgan fingerprint density at radius 3 is 2.38 bits per heavy atom. The summed E-state index contributed by atoms with van der Waals surface area (Å²) in [6.45, 7) is 5.04. The molecule has 0 bridgehead atoms. The molecule has 8 nitrogen and oxygen atoms in total. The summed E-state index contributed by atoms with van der Waals surface area (Å²) in [6, 6.07) is 19.0. The Bertz CT molecular complexity index is 1360. The smallest absolute Gasteiger partial charge is 0.298 e. The maximum absolute atomic E-state index is 13.2. The minimum atomic E-state index is -0.675. The fraction of sp³-hybridized carbons (Fsp3) is 0.250. The van der Waals surface area contributed by atoms with Gasteiger partial charge in [-0.05, 0) is 42.8 Å². The highest BCUT2D eigenvalue weighted by molar-refractivity contribution is 6.47. The molecule has 2 aliphatic rings. The van der Waals surface area contributed by atoms with E-state index in [0.29, 0.717) is 11.4 Å². The van der Waals surface area contributed by atoms with Gasteiger partial charge in [0, 0.05) is 62.1 Å². The van der Waals surface area contributed by atoms with Gasteiger partial charge in [0.15, 0.2) is 12.1 Å². The van der Waals surface area contributed by atoms with E-state index < -0.39 is 11.7 Å². The highest BCUT2D eigenvalue weighted by Crippen LogP contribution is 2.28. The van der Waals surface area contributed by atoms with Crippen molar-refractivity contribution in [1.29, 1.82) is 0 Å². The molecule has 0 radical (unpaired) electrons. The molecule has 1 fully saturated rings. The molecule has 3 heterocycles. The van der Waals surface area contributed by atoms with E-state index in [1.807, 2.05) is 67.6 Å². The van der Waals surface area contributed by atoms with Crippen LogP contribution in [0.15, 0.2) is 77.7 Å². The second-order valence-electron chi connectivity index (χ2n) is 9.17. The van der Waals surface area contributed by atoms with Gasteiger partial charge in [0.1, 0.15) is 5.69 Å². The van der Waals surface area contributed by atoms with Crippen LogP contribution in [-0.2, 0) is 11.8 Å². The number of rotatable bonds is 6. The maximum Gasteiger partial charge on any atom is 0.298 e. The Morgan fingerprint density at radius 2 is 1.73 bits per heavy atom. The molecule has 1 aromatic heterocycles. The third kappa shape index (κ3) is 5.17. The van der Waals surface area contributed by atoms with Gasteiger partial charge >= 0.3 is 0 Å². The number of aliphatic imine (C=N–C) groups is 1. The fourth-order valence-corrected chi connectivity index (χ4v) is 4.70. The van der Waals surface area contributed by atoms with Crippen LogP contribution >= 0.6 is 0 Å². The van der Waals surface area contributed by atoms with Crippen molar-refractivity contribution in [2.24, 2.45) is 12.0 Å². The number of carbonyl (C=O) groups is 2. The molecule has 2 N–H and O–H groups in total. The Hall–Kier alpha value is -4.24. The van der Waals surface area contributed by atoms with Gasteiger partial charge in [0.2, 0.25) is 0 Å². The number of hydrogen-bond acceptors (Lipinski definition) is 6. The summed E-state index contributed by atoms with van der Waals surface area (Å²) in [4.78, 5) is 34.7. The van der Waals surface area contributed by atoms with Crippen LogP contribution in [0.3, 0.4) is 0 Å². The lowest BCUT2D eigenvalue weighted by atomic mass is 10.0. The van der Waals surface area contributed by atoms with Crippen LogP contribution in [-0.4, -0.2) is 59.8 Å². The number of ketones is 1. The molecule has 0 saturated carbocycles. The molecule has 2 aromatic carbocycles. The number of allylic oxidation sites excluding steroid dienone is 1. The standard InChI is InChI=1S/C28H29FN6O2/c1-19-16-24(20-6-4-3-5-7-20)25(33(19)2)26(36)27(37)32-22-8-10-23(11-9-22)34-12-14-35(15-13-34)28-30-17-21(29)18-31-28/h3-11,16-18,28,30H,12-15H2,1-2H3,(H,32,37). The van der Waals surface area contributed by atoms with E-state index in [4.69, 9.17) is 0 Å². The van der Waals surface area contributed by atoms with Crippen molar-refractivity contribution in [2.75, 3.05) is 36.4 Å². The number of hydrogen-bond donors (Lipinski definition) is 2. The SMILES string of the molecule is Cc1cc(-c2ccccc2)c(C(=O)C(=O)Nc2ccc(N3CCN(C4N=CC(F)=CN4)CC3)cc2)n1C.